The molecule has 1 N–H and O–H groups in total. The largest absolute Gasteiger partial charge is 0.306 e. The third kappa shape index (κ3) is 4.13. The number of likely N-dealkylation sites (tertiary alicyclic amines) is 1. The molecule has 5 nitrogen and oxygen atoms in total. The van der Waals surface area contributed by atoms with E-state index in [-0.39, 0.29) is 18.0 Å². The van der Waals surface area contributed by atoms with Crippen molar-refractivity contribution in [1.82, 2.24) is 19.9 Å². The van der Waals surface area contributed by atoms with Crippen LogP contribution in [0.5, 0.6) is 0 Å². The van der Waals surface area contributed by atoms with Gasteiger partial charge in [-0.1, -0.05) is 12.5 Å². The highest BCUT2D eigenvalue weighted by Gasteiger charge is 2.13. The molecule has 4 heterocycles. The summed E-state index contributed by atoms with van der Waals surface area (Å²) in [6.45, 7) is 5.49. The fourth-order valence-electron chi connectivity index (χ4n) is 4.23. The third-order valence-corrected chi connectivity index (χ3v) is 6.64. The molecule has 0 aliphatic carbocycles. The van der Waals surface area contributed by atoms with Gasteiger partial charge in [0.25, 0.3) is 5.56 Å². The van der Waals surface area contributed by atoms with Crippen molar-refractivity contribution in [3.05, 3.63) is 57.3 Å². The monoisotopic (exact) mass is 440 g/mol. The number of nitrogens with zero attached hydrogens (tertiary/aromatic N) is 3. The summed E-state index contributed by atoms with van der Waals surface area (Å²) < 4.78 is 0. The number of aryl methyl sites for hydroxylation is 1. The fraction of sp³-hybridized carbons (Fsp3) is 0.348. The molecule has 1 aliphatic rings. The number of fused-ring (bicyclic) bond motifs is 2. The van der Waals surface area contributed by atoms with E-state index in [9.17, 15) is 4.79 Å². The molecular weight excluding hydrogens is 416 g/mol. The van der Waals surface area contributed by atoms with Crippen molar-refractivity contribution in [1.29, 1.82) is 0 Å². The summed E-state index contributed by atoms with van der Waals surface area (Å²) in [5.41, 5.74) is 3.78. The smallest absolute Gasteiger partial charge is 0.259 e. The number of aromatic nitrogens is 3. The molecule has 0 unspecified atom stereocenters. The van der Waals surface area contributed by atoms with E-state index >= 15 is 0 Å². The first-order chi connectivity index (χ1) is 14.2. The maximum Gasteiger partial charge on any atom is 0.259 e. The number of hydrogen-bond donors (Lipinski definition) is 1. The van der Waals surface area contributed by atoms with E-state index in [1.165, 1.54) is 37.9 Å². The van der Waals surface area contributed by atoms with E-state index in [4.69, 9.17) is 4.98 Å². The summed E-state index contributed by atoms with van der Waals surface area (Å²) >= 11 is 1.61. The van der Waals surface area contributed by atoms with Crippen molar-refractivity contribution in [2.24, 2.45) is 0 Å². The maximum absolute atomic E-state index is 12.9. The average Bonchev–Trinajstić information content (AvgIpc) is 3.21. The first kappa shape index (κ1) is 21.0. The molecule has 0 bridgehead atoms. The Labute approximate surface area is 185 Å². The zero-order valence-electron chi connectivity index (χ0n) is 17.0. The van der Waals surface area contributed by atoms with Crippen LogP contribution in [0.3, 0.4) is 0 Å². The number of rotatable bonds is 4. The van der Waals surface area contributed by atoms with Gasteiger partial charge in [0.05, 0.1) is 10.9 Å². The molecule has 0 spiro atoms. The number of thiophene rings is 1. The Morgan fingerprint density at radius 3 is 2.83 bits per heavy atom. The molecule has 1 aliphatic heterocycles. The highest BCUT2D eigenvalue weighted by Crippen LogP contribution is 2.25. The number of pyridine rings is 1. The number of nitrogens with one attached hydrogen (secondary N) is 1. The van der Waals surface area contributed by atoms with Crippen molar-refractivity contribution in [3.63, 3.8) is 0 Å². The topological polar surface area (TPSA) is 61.9 Å². The summed E-state index contributed by atoms with van der Waals surface area (Å²) in [6, 6.07) is 8.27. The van der Waals surface area contributed by atoms with E-state index in [1.807, 2.05) is 30.5 Å². The normalized spacial score (nSPS) is 14.8. The molecule has 7 heteroatoms. The molecule has 1 fully saturated rings. The molecule has 0 amide bonds. The maximum atomic E-state index is 12.9. The van der Waals surface area contributed by atoms with Gasteiger partial charge in [0.2, 0.25) is 0 Å². The minimum Gasteiger partial charge on any atom is -0.306 e. The van der Waals surface area contributed by atoms with Crippen molar-refractivity contribution < 1.29 is 0 Å². The van der Waals surface area contributed by atoms with Gasteiger partial charge in [-0.3, -0.25) is 4.79 Å². The van der Waals surface area contributed by atoms with Gasteiger partial charge in [-0.2, -0.15) is 0 Å². The van der Waals surface area contributed by atoms with Gasteiger partial charge in [0.15, 0.2) is 0 Å². The lowest BCUT2D eigenvalue weighted by Gasteiger charge is -2.26. The molecule has 5 rings (SSSR count). The molecule has 30 heavy (non-hydrogen) atoms. The average molecular weight is 441 g/mol. The Balaban J connectivity index is 0.00000218. The lowest BCUT2D eigenvalue weighted by Crippen LogP contribution is -2.31. The standard InChI is InChI=1S/C23H24N4OS.ClH/c1-15-11-16(5-9-27-7-3-2-4-8-27)12-19-20(15)25-21(26-22(19)28)18-13-17-6-10-29-23(17)24-14-18;/h6,10-14H,2-5,7-9H2,1H3,(H,25,26,28);1H. The van der Waals surface area contributed by atoms with Crippen LogP contribution in [0.15, 0.2) is 40.6 Å². The second-order valence-electron chi connectivity index (χ2n) is 7.91. The van der Waals surface area contributed by atoms with Crippen LogP contribution in [0, 0.1) is 6.92 Å². The highest BCUT2D eigenvalue weighted by molar-refractivity contribution is 7.16. The van der Waals surface area contributed by atoms with Gasteiger partial charge in [-0.05, 0) is 74.0 Å². The Morgan fingerprint density at radius 1 is 1.17 bits per heavy atom. The number of H-pyrrole nitrogens is 1. The summed E-state index contributed by atoms with van der Waals surface area (Å²) in [5.74, 6) is 0.576. The lowest BCUT2D eigenvalue weighted by atomic mass is 10.0. The summed E-state index contributed by atoms with van der Waals surface area (Å²) in [6.07, 6.45) is 6.70. The number of hydrogen-bond acceptors (Lipinski definition) is 5. The first-order valence-electron chi connectivity index (χ1n) is 10.3. The van der Waals surface area contributed by atoms with Crippen LogP contribution in [0.25, 0.3) is 32.5 Å². The van der Waals surface area contributed by atoms with Crippen LogP contribution in [-0.4, -0.2) is 39.5 Å². The van der Waals surface area contributed by atoms with E-state index in [2.05, 4.69) is 20.9 Å². The Bertz CT molecular complexity index is 1240. The zero-order valence-corrected chi connectivity index (χ0v) is 18.6. The predicted octanol–water partition coefficient (Wildman–Crippen LogP) is 4.96. The van der Waals surface area contributed by atoms with Crippen molar-refractivity contribution in [2.45, 2.75) is 32.6 Å². The first-order valence-corrected chi connectivity index (χ1v) is 11.1. The molecule has 156 valence electrons. The van der Waals surface area contributed by atoms with Crippen LogP contribution in [0.1, 0.15) is 30.4 Å². The molecular formula is C23H25ClN4OS. The third-order valence-electron chi connectivity index (χ3n) is 5.81. The predicted molar refractivity (Wildman–Crippen MR) is 127 cm³/mol. The SMILES string of the molecule is Cc1cc(CCN2CCCCC2)cc2c(=O)[nH]c(-c3cnc4sccc4c3)nc12.Cl. The number of piperidine rings is 1. The van der Waals surface area contributed by atoms with Crippen LogP contribution in [0.2, 0.25) is 0 Å². The molecule has 0 saturated carbocycles. The number of aromatic amines is 1. The Morgan fingerprint density at radius 2 is 2.00 bits per heavy atom. The fourth-order valence-corrected chi connectivity index (χ4v) is 4.95. The quantitative estimate of drug-likeness (QED) is 0.487. The molecule has 0 atom stereocenters. The minimum atomic E-state index is -0.0849. The van der Waals surface area contributed by atoms with E-state index in [0.717, 1.165) is 39.8 Å². The van der Waals surface area contributed by atoms with E-state index in [1.54, 1.807) is 17.5 Å². The molecule has 4 aromatic rings. The Kier molecular flexibility index (Phi) is 6.18. The van der Waals surface area contributed by atoms with Gasteiger partial charge in [-0.15, -0.1) is 23.7 Å². The van der Waals surface area contributed by atoms with Gasteiger partial charge in [0, 0.05) is 23.7 Å². The van der Waals surface area contributed by atoms with E-state index < -0.39 is 0 Å². The summed E-state index contributed by atoms with van der Waals surface area (Å²) in [4.78, 5) is 28.6. The van der Waals surface area contributed by atoms with Gasteiger partial charge in [-0.25, -0.2) is 9.97 Å². The van der Waals surface area contributed by atoms with Gasteiger partial charge >= 0.3 is 0 Å². The number of halogens is 1. The van der Waals surface area contributed by atoms with Crippen LogP contribution in [0.4, 0.5) is 0 Å². The highest BCUT2D eigenvalue weighted by atomic mass is 35.5. The molecule has 1 saturated heterocycles. The molecule has 3 aromatic heterocycles. The van der Waals surface area contributed by atoms with Crippen molar-refractivity contribution in [2.75, 3.05) is 19.6 Å². The van der Waals surface area contributed by atoms with E-state index in [0.29, 0.717) is 11.2 Å². The van der Waals surface area contributed by atoms with Crippen molar-refractivity contribution in [3.8, 4) is 11.4 Å². The zero-order chi connectivity index (χ0) is 19.8. The summed E-state index contributed by atoms with van der Waals surface area (Å²) in [5, 5.41) is 3.76. The summed E-state index contributed by atoms with van der Waals surface area (Å²) in [7, 11) is 0. The van der Waals surface area contributed by atoms with Gasteiger partial charge in [0.1, 0.15) is 10.7 Å². The second-order valence-corrected chi connectivity index (χ2v) is 8.81. The van der Waals surface area contributed by atoms with Crippen LogP contribution < -0.4 is 5.56 Å². The lowest BCUT2D eigenvalue weighted by molar-refractivity contribution is 0.231. The molecule has 0 radical (unpaired) electrons. The number of benzene rings is 1. The second kappa shape index (κ2) is 8.84. The van der Waals surface area contributed by atoms with Crippen molar-refractivity contribution >= 4 is 44.9 Å². The van der Waals surface area contributed by atoms with Gasteiger partial charge < -0.3 is 9.88 Å². The minimum absolute atomic E-state index is 0. The molecule has 1 aromatic carbocycles. The van der Waals surface area contributed by atoms with Crippen LogP contribution >= 0.6 is 23.7 Å². The Hall–Kier alpha value is -2.28. The van der Waals surface area contributed by atoms with Crippen LogP contribution in [-0.2, 0) is 6.42 Å².